The molecule has 100 valence electrons. The minimum atomic E-state index is -0.862. The van der Waals surface area contributed by atoms with Crippen LogP contribution in [0.3, 0.4) is 0 Å². The molecular formula is C17H21NO. The minimum Gasteiger partial charge on any atom is -0.386 e. The number of hydrogen-bond acceptors (Lipinski definition) is 2. The van der Waals surface area contributed by atoms with Gasteiger partial charge in [0.25, 0.3) is 0 Å². The van der Waals surface area contributed by atoms with Crippen LogP contribution in [-0.2, 0) is 5.60 Å². The lowest BCUT2D eigenvalue weighted by Crippen LogP contribution is -2.17. The lowest BCUT2D eigenvalue weighted by molar-refractivity contribution is 0.0793. The summed E-state index contributed by atoms with van der Waals surface area (Å²) in [6, 6.07) is 14.3. The summed E-state index contributed by atoms with van der Waals surface area (Å²) in [5.41, 5.74) is 4.40. The molecule has 0 aliphatic heterocycles. The highest BCUT2D eigenvalue weighted by Crippen LogP contribution is 2.30. The molecule has 0 spiro atoms. The molecule has 2 nitrogen and oxygen atoms in total. The molecule has 2 aromatic carbocycles. The summed E-state index contributed by atoms with van der Waals surface area (Å²) in [4.78, 5) is 0. The fraction of sp³-hybridized carbons (Fsp3) is 0.294. The molecule has 2 N–H and O–H groups in total. The van der Waals surface area contributed by atoms with Gasteiger partial charge in [0, 0.05) is 16.9 Å². The van der Waals surface area contributed by atoms with E-state index in [1.807, 2.05) is 51.1 Å². The van der Waals surface area contributed by atoms with Crippen molar-refractivity contribution in [1.82, 2.24) is 0 Å². The summed E-state index contributed by atoms with van der Waals surface area (Å²) in [5, 5.41) is 13.6. The first-order valence-corrected chi connectivity index (χ1v) is 6.53. The number of aryl methyl sites for hydroxylation is 2. The van der Waals surface area contributed by atoms with Crippen LogP contribution in [0.2, 0.25) is 0 Å². The summed E-state index contributed by atoms with van der Waals surface area (Å²) >= 11 is 0. The Morgan fingerprint density at radius 2 is 1.47 bits per heavy atom. The fourth-order valence-corrected chi connectivity index (χ4v) is 2.07. The van der Waals surface area contributed by atoms with Gasteiger partial charge in [-0.1, -0.05) is 35.4 Å². The molecule has 0 bridgehead atoms. The van der Waals surface area contributed by atoms with Crippen LogP contribution in [0.4, 0.5) is 11.4 Å². The quantitative estimate of drug-likeness (QED) is 0.858. The van der Waals surface area contributed by atoms with Crippen molar-refractivity contribution in [3.8, 4) is 0 Å². The van der Waals surface area contributed by atoms with Crippen LogP contribution in [0.5, 0.6) is 0 Å². The van der Waals surface area contributed by atoms with Gasteiger partial charge in [-0.25, -0.2) is 0 Å². The van der Waals surface area contributed by atoms with E-state index in [2.05, 4.69) is 24.4 Å². The third kappa shape index (κ3) is 3.36. The molecule has 0 fully saturated rings. The van der Waals surface area contributed by atoms with Crippen LogP contribution in [0, 0.1) is 13.8 Å². The Morgan fingerprint density at radius 1 is 0.895 bits per heavy atom. The van der Waals surface area contributed by atoms with Crippen molar-refractivity contribution in [1.29, 1.82) is 0 Å². The van der Waals surface area contributed by atoms with Crippen LogP contribution in [0.1, 0.15) is 30.5 Å². The van der Waals surface area contributed by atoms with E-state index in [4.69, 9.17) is 0 Å². The van der Waals surface area contributed by atoms with Gasteiger partial charge >= 0.3 is 0 Å². The molecule has 0 aromatic heterocycles. The average Bonchev–Trinajstić information content (AvgIpc) is 2.33. The van der Waals surface area contributed by atoms with Crippen LogP contribution in [0.25, 0.3) is 0 Å². The number of nitrogens with one attached hydrogen (secondary N) is 1. The van der Waals surface area contributed by atoms with E-state index < -0.39 is 5.60 Å². The van der Waals surface area contributed by atoms with Gasteiger partial charge in [0.15, 0.2) is 0 Å². The van der Waals surface area contributed by atoms with Gasteiger partial charge in [-0.15, -0.1) is 0 Å². The number of rotatable bonds is 3. The van der Waals surface area contributed by atoms with Crippen molar-refractivity contribution < 1.29 is 5.11 Å². The summed E-state index contributed by atoms with van der Waals surface area (Å²) < 4.78 is 0. The molecule has 0 radical (unpaired) electrons. The summed E-state index contributed by atoms with van der Waals surface area (Å²) in [7, 11) is 0. The number of benzene rings is 2. The van der Waals surface area contributed by atoms with E-state index in [1.165, 1.54) is 5.56 Å². The molecule has 2 heteroatoms. The van der Waals surface area contributed by atoms with Crippen molar-refractivity contribution in [2.75, 3.05) is 5.32 Å². The van der Waals surface area contributed by atoms with Crippen molar-refractivity contribution in [2.24, 2.45) is 0 Å². The SMILES string of the molecule is Cc1ccc(Nc2ccc(C)cc2C(C)(C)O)cc1. The molecule has 2 rings (SSSR count). The molecule has 2 aromatic rings. The third-order valence-electron chi connectivity index (χ3n) is 3.16. The molecule has 0 unspecified atom stereocenters. The van der Waals surface area contributed by atoms with Gasteiger partial charge in [0.2, 0.25) is 0 Å². The number of hydrogen-bond donors (Lipinski definition) is 2. The van der Waals surface area contributed by atoms with Gasteiger partial charge in [-0.05, 0) is 45.9 Å². The van der Waals surface area contributed by atoms with Crippen molar-refractivity contribution in [3.05, 3.63) is 59.2 Å². The third-order valence-corrected chi connectivity index (χ3v) is 3.16. The predicted octanol–water partition coefficient (Wildman–Crippen LogP) is 4.27. The first-order chi connectivity index (χ1) is 8.86. The Morgan fingerprint density at radius 3 is 2.05 bits per heavy atom. The molecule has 0 saturated carbocycles. The highest BCUT2D eigenvalue weighted by molar-refractivity contribution is 5.65. The maximum Gasteiger partial charge on any atom is 0.0860 e. The molecule has 0 aliphatic rings. The molecule has 0 amide bonds. The normalized spacial score (nSPS) is 11.4. The zero-order valence-electron chi connectivity index (χ0n) is 12.0. The van der Waals surface area contributed by atoms with E-state index in [-0.39, 0.29) is 0 Å². The topological polar surface area (TPSA) is 32.3 Å². The second kappa shape index (κ2) is 5.06. The zero-order chi connectivity index (χ0) is 14.0. The van der Waals surface area contributed by atoms with Crippen molar-refractivity contribution >= 4 is 11.4 Å². The van der Waals surface area contributed by atoms with E-state index in [9.17, 15) is 5.11 Å². The molecule has 0 atom stereocenters. The Bertz CT molecular complexity index is 565. The zero-order valence-corrected chi connectivity index (χ0v) is 12.0. The van der Waals surface area contributed by atoms with Gasteiger partial charge < -0.3 is 10.4 Å². The molecule has 0 aliphatic carbocycles. The average molecular weight is 255 g/mol. The monoisotopic (exact) mass is 255 g/mol. The van der Waals surface area contributed by atoms with Crippen molar-refractivity contribution in [3.63, 3.8) is 0 Å². The number of aliphatic hydroxyl groups is 1. The van der Waals surface area contributed by atoms with E-state index in [0.717, 1.165) is 22.5 Å². The largest absolute Gasteiger partial charge is 0.386 e. The molecule has 19 heavy (non-hydrogen) atoms. The van der Waals surface area contributed by atoms with E-state index in [1.54, 1.807) is 0 Å². The van der Waals surface area contributed by atoms with Crippen LogP contribution < -0.4 is 5.32 Å². The number of anilines is 2. The Kier molecular flexibility index (Phi) is 3.63. The Balaban J connectivity index is 2.37. The van der Waals surface area contributed by atoms with Gasteiger partial charge in [-0.2, -0.15) is 0 Å². The molecular weight excluding hydrogens is 234 g/mol. The standard InChI is InChI=1S/C17H21NO/c1-12-5-8-14(9-6-12)18-16-10-7-13(2)11-15(16)17(3,4)19/h5-11,18-19H,1-4H3. The first-order valence-electron chi connectivity index (χ1n) is 6.53. The Labute approximate surface area is 115 Å². The van der Waals surface area contributed by atoms with Crippen LogP contribution in [0.15, 0.2) is 42.5 Å². The molecule has 0 heterocycles. The first kappa shape index (κ1) is 13.6. The van der Waals surface area contributed by atoms with Crippen molar-refractivity contribution in [2.45, 2.75) is 33.3 Å². The van der Waals surface area contributed by atoms with Gasteiger partial charge in [0.1, 0.15) is 0 Å². The summed E-state index contributed by atoms with van der Waals surface area (Å²) in [6.45, 7) is 7.72. The fourth-order valence-electron chi connectivity index (χ4n) is 2.07. The summed E-state index contributed by atoms with van der Waals surface area (Å²) in [6.07, 6.45) is 0. The van der Waals surface area contributed by atoms with E-state index >= 15 is 0 Å². The minimum absolute atomic E-state index is 0.862. The second-order valence-electron chi connectivity index (χ2n) is 5.60. The van der Waals surface area contributed by atoms with Gasteiger partial charge in [0.05, 0.1) is 5.60 Å². The predicted molar refractivity (Wildman–Crippen MR) is 80.9 cm³/mol. The lowest BCUT2D eigenvalue weighted by Gasteiger charge is -2.23. The lowest BCUT2D eigenvalue weighted by atomic mass is 9.94. The Hall–Kier alpha value is -1.80. The highest BCUT2D eigenvalue weighted by Gasteiger charge is 2.20. The smallest absolute Gasteiger partial charge is 0.0860 e. The second-order valence-corrected chi connectivity index (χ2v) is 5.60. The maximum absolute atomic E-state index is 10.3. The van der Waals surface area contributed by atoms with Gasteiger partial charge in [-0.3, -0.25) is 0 Å². The van der Waals surface area contributed by atoms with Crippen LogP contribution >= 0.6 is 0 Å². The molecule has 0 saturated heterocycles. The van der Waals surface area contributed by atoms with E-state index in [0.29, 0.717) is 0 Å². The summed E-state index contributed by atoms with van der Waals surface area (Å²) in [5.74, 6) is 0. The van der Waals surface area contributed by atoms with Crippen LogP contribution in [-0.4, -0.2) is 5.11 Å². The highest BCUT2D eigenvalue weighted by atomic mass is 16.3. The maximum atomic E-state index is 10.3.